The Labute approximate surface area is 120 Å². The van der Waals surface area contributed by atoms with Crippen molar-refractivity contribution >= 4 is 0 Å². The van der Waals surface area contributed by atoms with Crippen LogP contribution in [0.15, 0.2) is 36.4 Å². The van der Waals surface area contributed by atoms with E-state index in [0.717, 1.165) is 38.2 Å². The summed E-state index contributed by atoms with van der Waals surface area (Å²) in [5.41, 5.74) is 2.82. The van der Waals surface area contributed by atoms with Gasteiger partial charge in [-0.15, -0.1) is 0 Å². The summed E-state index contributed by atoms with van der Waals surface area (Å²) in [6.07, 6.45) is 7.08. The number of alkyl halides is 2. The van der Waals surface area contributed by atoms with E-state index >= 15 is 0 Å². The van der Waals surface area contributed by atoms with Crippen molar-refractivity contribution in [2.45, 2.75) is 57.8 Å². The molecule has 1 aromatic carbocycles. The van der Waals surface area contributed by atoms with Crippen LogP contribution in [0.1, 0.15) is 56.1 Å². The van der Waals surface area contributed by atoms with Crippen molar-refractivity contribution in [3.8, 4) is 0 Å². The molecule has 0 heterocycles. The van der Waals surface area contributed by atoms with Crippen LogP contribution >= 0.6 is 0 Å². The maximum absolute atomic E-state index is 12.1. The third-order valence-electron chi connectivity index (χ3n) is 4.29. The molecule has 1 aliphatic carbocycles. The average Bonchev–Trinajstić information content (AvgIpc) is 2.47. The fourth-order valence-corrected chi connectivity index (χ4v) is 3.13. The molecule has 2 rings (SSSR count). The summed E-state index contributed by atoms with van der Waals surface area (Å²) in [5, 5.41) is 0. The molecule has 1 fully saturated rings. The van der Waals surface area contributed by atoms with Gasteiger partial charge in [0.1, 0.15) is 0 Å². The maximum atomic E-state index is 12.1. The van der Waals surface area contributed by atoms with Crippen LogP contribution < -0.4 is 0 Å². The number of rotatable bonds is 5. The summed E-state index contributed by atoms with van der Waals surface area (Å²) in [6.45, 7) is 2.20. The highest BCUT2D eigenvalue weighted by molar-refractivity contribution is 5.26. The molecule has 110 valence electrons. The molecule has 0 unspecified atom stereocenters. The molecule has 0 amide bonds. The Morgan fingerprint density at radius 3 is 2.30 bits per heavy atom. The van der Waals surface area contributed by atoms with E-state index in [1.165, 1.54) is 17.5 Å². The fourth-order valence-electron chi connectivity index (χ4n) is 3.13. The second-order valence-corrected chi connectivity index (χ2v) is 5.82. The summed E-state index contributed by atoms with van der Waals surface area (Å²) in [4.78, 5) is 0. The number of halogens is 2. The predicted molar refractivity (Wildman–Crippen MR) is 80.3 cm³/mol. The minimum absolute atomic E-state index is 0.347. The number of hydrogen-bond donors (Lipinski definition) is 0. The summed E-state index contributed by atoms with van der Waals surface area (Å²) in [5.74, 6) is 0.960. The van der Waals surface area contributed by atoms with Gasteiger partial charge in [-0.05, 0) is 61.1 Å². The van der Waals surface area contributed by atoms with Crippen LogP contribution in [0.5, 0.6) is 0 Å². The maximum Gasteiger partial charge on any atom is 0.257 e. The highest BCUT2D eigenvalue weighted by Crippen LogP contribution is 2.36. The molecule has 0 atom stereocenters. The Morgan fingerprint density at radius 1 is 1.10 bits per heavy atom. The third-order valence-corrected chi connectivity index (χ3v) is 4.29. The molecular weight excluding hydrogens is 254 g/mol. The first-order chi connectivity index (χ1) is 9.69. The Morgan fingerprint density at radius 2 is 1.75 bits per heavy atom. The number of aryl methyl sites for hydroxylation is 1. The van der Waals surface area contributed by atoms with Gasteiger partial charge in [-0.3, -0.25) is 0 Å². The summed E-state index contributed by atoms with van der Waals surface area (Å²) in [6, 6.07) is 8.99. The fraction of sp³-hybridized carbons (Fsp3) is 0.556. The van der Waals surface area contributed by atoms with Crippen molar-refractivity contribution in [2.24, 2.45) is 5.92 Å². The van der Waals surface area contributed by atoms with Gasteiger partial charge in [0.15, 0.2) is 0 Å². The van der Waals surface area contributed by atoms with Crippen LogP contribution in [0.3, 0.4) is 0 Å². The first kappa shape index (κ1) is 15.2. The van der Waals surface area contributed by atoms with Crippen molar-refractivity contribution < 1.29 is 8.78 Å². The highest BCUT2D eigenvalue weighted by atomic mass is 19.3. The molecule has 1 saturated carbocycles. The van der Waals surface area contributed by atoms with Crippen LogP contribution in [-0.4, -0.2) is 6.43 Å². The molecule has 0 saturated heterocycles. The van der Waals surface area contributed by atoms with Crippen molar-refractivity contribution in [1.29, 1.82) is 0 Å². The third kappa shape index (κ3) is 4.43. The van der Waals surface area contributed by atoms with Crippen LogP contribution in [0.4, 0.5) is 8.78 Å². The van der Waals surface area contributed by atoms with Gasteiger partial charge in [0.2, 0.25) is 0 Å². The van der Waals surface area contributed by atoms with Gasteiger partial charge in [-0.25, -0.2) is 8.78 Å². The molecule has 0 bridgehead atoms. The van der Waals surface area contributed by atoms with Gasteiger partial charge in [0.05, 0.1) is 0 Å². The van der Waals surface area contributed by atoms with Gasteiger partial charge in [0.25, 0.3) is 6.43 Å². The van der Waals surface area contributed by atoms with E-state index in [9.17, 15) is 8.78 Å². The van der Waals surface area contributed by atoms with E-state index in [1.54, 1.807) is 6.08 Å². The molecule has 0 aromatic heterocycles. The molecule has 1 aromatic rings. The van der Waals surface area contributed by atoms with E-state index in [0.29, 0.717) is 11.8 Å². The molecule has 0 aliphatic heterocycles. The Hall–Kier alpha value is -1.18. The van der Waals surface area contributed by atoms with Crippen LogP contribution in [0.25, 0.3) is 0 Å². The quantitative estimate of drug-likeness (QED) is 0.603. The van der Waals surface area contributed by atoms with Crippen molar-refractivity contribution in [1.82, 2.24) is 0 Å². The normalized spacial score (nSPS) is 23.6. The Bertz CT molecular complexity index is 412. The lowest BCUT2D eigenvalue weighted by molar-refractivity contribution is 0.202. The van der Waals surface area contributed by atoms with Gasteiger partial charge in [0, 0.05) is 0 Å². The van der Waals surface area contributed by atoms with Crippen LogP contribution in [0, 0.1) is 5.92 Å². The van der Waals surface area contributed by atoms with Crippen LogP contribution in [-0.2, 0) is 6.42 Å². The van der Waals surface area contributed by atoms with Crippen molar-refractivity contribution in [3.05, 3.63) is 47.5 Å². The predicted octanol–water partition coefficient (Wildman–Crippen LogP) is 5.73. The largest absolute Gasteiger partial charge is 0.257 e. The topological polar surface area (TPSA) is 0 Å². The molecular formula is C18H24F2. The van der Waals surface area contributed by atoms with Gasteiger partial charge >= 0.3 is 0 Å². The van der Waals surface area contributed by atoms with E-state index < -0.39 is 6.43 Å². The smallest absolute Gasteiger partial charge is 0.206 e. The standard InChI is InChI=1S/C18H24F2/c1-2-3-14-4-9-16(10-5-14)17-11-6-15(7-12-17)8-13-18(19)20/h4-5,8-10,13,15,17-18H,2-3,6-7,11-12H2,1H3/b13-8+/t15-,17-. The molecule has 0 radical (unpaired) electrons. The zero-order valence-electron chi connectivity index (χ0n) is 12.2. The second kappa shape index (κ2) is 7.56. The Balaban J connectivity index is 1.87. The number of benzene rings is 1. The van der Waals surface area contributed by atoms with E-state index in [2.05, 4.69) is 31.2 Å². The lowest BCUT2D eigenvalue weighted by Gasteiger charge is -2.27. The average molecular weight is 278 g/mol. The SMILES string of the molecule is CCCc1ccc([C@H]2CC[C@H](/C=C/C(F)F)CC2)cc1. The van der Waals surface area contributed by atoms with E-state index in [-0.39, 0.29) is 0 Å². The lowest BCUT2D eigenvalue weighted by Crippen LogP contribution is -2.12. The minimum atomic E-state index is -2.31. The minimum Gasteiger partial charge on any atom is -0.206 e. The van der Waals surface area contributed by atoms with Crippen molar-refractivity contribution in [2.75, 3.05) is 0 Å². The van der Waals surface area contributed by atoms with Gasteiger partial charge in [-0.1, -0.05) is 43.7 Å². The Kier molecular flexibility index (Phi) is 5.75. The number of allylic oxidation sites excluding steroid dienone is 2. The molecule has 1 aliphatic rings. The number of hydrogen-bond acceptors (Lipinski definition) is 0. The van der Waals surface area contributed by atoms with E-state index in [1.807, 2.05) is 0 Å². The van der Waals surface area contributed by atoms with Crippen molar-refractivity contribution in [3.63, 3.8) is 0 Å². The molecule has 20 heavy (non-hydrogen) atoms. The monoisotopic (exact) mass is 278 g/mol. The highest BCUT2D eigenvalue weighted by Gasteiger charge is 2.20. The summed E-state index contributed by atoms with van der Waals surface area (Å²) >= 11 is 0. The lowest BCUT2D eigenvalue weighted by atomic mass is 9.78. The summed E-state index contributed by atoms with van der Waals surface area (Å²) < 4.78 is 24.3. The molecule has 2 heteroatoms. The molecule has 0 spiro atoms. The zero-order chi connectivity index (χ0) is 14.4. The first-order valence-corrected chi connectivity index (χ1v) is 7.74. The van der Waals surface area contributed by atoms with Gasteiger partial charge in [-0.2, -0.15) is 0 Å². The molecule has 0 nitrogen and oxygen atoms in total. The van der Waals surface area contributed by atoms with E-state index in [4.69, 9.17) is 0 Å². The first-order valence-electron chi connectivity index (χ1n) is 7.74. The van der Waals surface area contributed by atoms with Gasteiger partial charge < -0.3 is 0 Å². The summed E-state index contributed by atoms with van der Waals surface area (Å²) in [7, 11) is 0. The molecule has 0 N–H and O–H groups in total. The van der Waals surface area contributed by atoms with Crippen LogP contribution in [0.2, 0.25) is 0 Å². The second-order valence-electron chi connectivity index (χ2n) is 5.82. The zero-order valence-corrected chi connectivity index (χ0v) is 12.2.